The summed E-state index contributed by atoms with van der Waals surface area (Å²) in [5, 5.41) is 2.42. The Morgan fingerprint density at radius 3 is 2.69 bits per heavy atom. The molecule has 0 aromatic heterocycles. The molecule has 1 aromatic rings. The number of amidine groups is 1. The van der Waals surface area contributed by atoms with Crippen molar-refractivity contribution >= 4 is 45.0 Å². The standard InChI is InChI=1S/C11H8Cl2N2S/c12-7-2-1-3-8(13)10(7)9-6-15-5-4-14-11(15)16-9/h1-3,6H,4-5H2. The van der Waals surface area contributed by atoms with E-state index >= 15 is 0 Å². The average Bonchev–Trinajstić information content (AvgIpc) is 2.77. The first-order valence-electron chi connectivity index (χ1n) is 4.91. The van der Waals surface area contributed by atoms with Gasteiger partial charge in [0.2, 0.25) is 0 Å². The van der Waals surface area contributed by atoms with Crippen LogP contribution in [0.3, 0.4) is 0 Å². The van der Waals surface area contributed by atoms with E-state index in [9.17, 15) is 0 Å². The smallest absolute Gasteiger partial charge is 0.168 e. The van der Waals surface area contributed by atoms with Gasteiger partial charge in [0.05, 0.1) is 16.6 Å². The molecule has 0 fully saturated rings. The Labute approximate surface area is 108 Å². The monoisotopic (exact) mass is 270 g/mol. The second kappa shape index (κ2) is 3.99. The van der Waals surface area contributed by atoms with Crippen molar-refractivity contribution in [2.75, 3.05) is 13.1 Å². The van der Waals surface area contributed by atoms with Crippen molar-refractivity contribution < 1.29 is 0 Å². The van der Waals surface area contributed by atoms with Crippen molar-refractivity contribution in [3.8, 4) is 0 Å². The van der Waals surface area contributed by atoms with E-state index < -0.39 is 0 Å². The number of thioether (sulfide) groups is 1. The van der Waals surface area contributed by atoms with Crippen LogP contribution in [-0.4, -0.2) is 23.2 Å². The number of halogens is 2. The highest BCUT2D eigenvalue weighted by molar-refractivity contribution is 8.22. The molecular weight excluding hydrogens is 263 g/mol. The molecule has 0 N–H and O–H groups in total. The number of aliphatic imine (C=N–C) groups is 1. The molecule has 16 heavy (non-hydrogen) atoms. The van der Waals surface area contributed by atoms with Gasteiger partial charge in [-0.05, 0) is 23.9 Å². The Hall–Kier alpha value is -0.640. The third kappa shape index (κ3) is 1.63. The summed E-state index contributed by atoms with van der Waals surface area (Å²) in [6.07, 6.45) is 2.07. The number of benzene rings is 1. The fraction of sp³-hybridized carbons (Fsp3) is 0.182. The van der Waals surface area contributed by atoms with Crippen molar-refractivity contribution in [3.63, 3.8) is 0 Å². The van der Waals surface area contributed by atoms with E-state index in [0.29, 0.717) is 10.0 Å². The maximum Gasteiger partial charge on any atom is 0.168 e. The highest BCUT2D eigenvalue weighted by Crippen LogP contribution is 2.43. The Morgan fingerprint density at radius 1 is 1.25 bits per heavy atom. The molecule has 0 bridgehead atoms. The van der Waals surface area contributed by atoms with Gasteiger partial charge in [0, 0.05) is 23.2 Å². The van der Waals surface area contributed by atoms with Gasteiger partial charge in [0.15, 0.2) is 5.17 Å². The van der Waals surface area contributed by atoms with Gasteiger partial charge in [-0.1, -0.05) is 29.3 Å². The lowest BCUT2D eigenvalue weighted by atomic mass is 10.2. The van der Waals surface area contributed by atoms with Crippen LogP contribution in [-0.2, 0) is 0 Å². The first-order chi connectivity index (χ1) is 7.75. The second-order valence-corrected chi connectivity index (χ2v) is 5.37. The number of hydrogen-bond donors (Lipinski definition) is 0. The molecule has 0 atom stereocenters. The van der Waals surface area contributed by atoms with E-state index in [1.807, 2.05) is 18.2 Å². The van der Waals surface area contributed by atoms with Crippen molar-refractivity contribution in [3.05, 3.63) is 40.0 Å². The zero-order chi connectivity index (χ0) is 11.1. The molecular formula is C11H8Cl2N2S. The molecule has 0 radical (unpaired) electrons. The number of fused-ring (bicyclic) bond motifs is 1. The average molecular weight is 271 g/mol. The minimum absolute atomic E-state index is 0.688. The fourth-order valence-corrected chi connectivity index (χ4v) is 3.59. The Kier molecular flexibility index (Phi) is 2.62. The molecule has 3 rings (SSSR count). The third-order valence-electron chi connectivity index (χ3n) is 2.52. The van der Waals surface area contributed by atoms with Crippen LogP contribution in [0.5, 0.6) is 0 Å². The van der Waals surface area contributed by atoms with E-state index in [0.717, 1.165) is 28.7 Å². The lowest BCUT2D eigenvalue weighted by Gasteiger charge is -2.05. The highest BCUT2D eigenvalue weighted by Gasteiger charge is 2.27. The van der Waals surface area contributed by atoms with Crippen LogP contribution < -0.4 is 0 Å². The maximum atomic E-state index is 6.17. The Morgan fingerprint density at radius 2 is 2.00 bits per heavy atom. The molecule has 0 unspecified atom stereocenters. The fourth-order valence-electron chi connectivity index (χ4n) is 1.77. The minimum atomic E-state index is 0.688. The summed E-state index contributed by atoms with van der Waals surface area (Å²) in [6, 6.07) is 5.57. The summed E-state index contributed by atoms with van der Waals surface area (Å²) in [4.78, 5) is 7.62. The van der Waals surface area contributed by atoms with Gasteiger partial charge in [0.1, 0.15) is 0 Å². The SMILES string of the molecule is Clc1cccc(Cl)c1C1=CN2CCN=C2S1. The van der Waals surface area contributed by atoms with Crippen molar-refractivity contribution in [1.29, 1.82) is 0 Å². The van der Waals surface area contributed by atoms with Gasteiger partial charge < -0.3 is 4.90 Å². The van der Waals surface area contributed by atoms with E-state index in [2.05, 4.69) is 16.1 Å². The van der Waals surface area contributed by atoms with Crippen LogP contribution in [0.4, 0.5) is 0 Å². The van der Waals surface area contributed by atoms with Gasteiger partial charge in [-0.25, -0.2) is 0 Å². The van der Waals surface area contributed by atoms with Crippen molar-refractivity contribution in [1.82, 2.24) is 4.90 Å². The van der Waals surface area contributed by atoms with Crippen LogP contribution in [0.15, 0.2) is 29.4 Å². The highest BCUT2D eigenvalue weighted by atomic mass is 35.5. The molecule has 2 nitrogen and oxygen atoms in total. The van der Waals surface area contributed by atoms with E-state index in [-0.39, 0.29) is 0 Å². The number of hydrogen-bond acceptors (Lipinski definition) is 3. The zero-order valence-electron chi connectivity index (χ0n) is 8.28. The summed E-state index contributed by atoms with van der Waals surface area (Å²) < 4.78 is 0. The van der Waals surface area contributed by atoms with Gasteiger partial charge >= 0.3 is 0 Å². The molecule has 5 heteroatoms. The van der Waals surface area contributed by atoms with Crippen LogP contribution in [0.2, 0.25) is 10.0 Å². The molecule has 82 valence electrons. The zero-order valence-corrected chi connectivity index (χ0v) is 10.6. The topological polar surface area (TPSA) is 15.6 Å². The summed E-state index contributed by atoms with van der Waals surface area (Å²) in [6.45, 7) is 1.83. The maximum absolute atomic E-state index is 6.17. The second-order valence-electron chi connectivity index (χ2n) is 3.55. The van der Waals surface area contributed by atoms with Gasteiger partial charge in [-0.3, -0.25) is 4.99 Å². The molecule has 1 aromatic carbocycles. The summed E-state index contributed by atoms with van der Waals surface area (Å²) in [5.41, 5.74) is 0.910. The largest absolute Gasteiger partial charge is 0.325 e. The van der Waals surface area contributed by atoms with E-state index in [4.69, 9.17) is 23.2 Å². The van der Waals surface area contributed by atoms with Crippen molar-refractivity contribution in [2.45, 2.75) is 0 Å². The predicted octanol–water partition coefficient (Wildman–Crippen LogP) is 3.71. The van der Waals surface area contributed by atoms with Crippen LogP contribution >= 0.6 is 35.0 Å². The molecule has 2 aliphatic rings. The lowest BCUT2D eigenvalue weighted by molar-refractivity contribution is 0.626. The quantitative estimate of drug-likeness (QED) is 0.773. The molecule has 0 spiro atoms. The molecule has 0 amide bonds. The van der Waals surface area contributed by atoms with Gasteiger partial charge in [-0.2, -0.15) is 0 Å². The molecule has 0 saturated carbocycles. The van der Waals surface area contributed by atoms with Gasteiger partial charge in [0.25, 0.3) is 0 Å². The number of nitrogens with zero attached hydrogens (tertiary/aromatic N) is 2. The summed E-state index contributed by atoms with van der Waals surface area (Å²) >= 11 is 14.0. The minimum Gasteiger partial charge on any atom is -0.325 e. The first-order valence-corrected chi connectivity index (χ1v) is 6.48. The van der Waals surface area contributed by atoms with E-state index in [1.54, 1.807) is 11.8 Å². The molecule has 0 aliphatic carbocycles. The Bertz CT molecular complexity index is 490. The molecule has 2 aliphatic heterocycles. The Balaban J connectivity index is 2.03. The van der Waals surface area contributed by atoms with Crippen LogP contribution in [0.25, 0.3) is 4.91 Å². The summed E-state index contributed by atoms with van der Waals surface area (Å²) in [7, 11) is 0. The van der Waals surface area contributed by atoms with Crippen LogP contribution in [0, 0.1) is 0 Å². The molecule has 0 saturated heterocycles. The normalized spacial score (nSPS) is 18.5. The predicted molar refractivity (Wildman–Crippen MR) is 71.0 cm³/mol. The molecule has 2 heterocycles. The van der Waals surface area contributed by atoms with E-state index in [1.165, 1.54) is 0 Å². The van der Waals surface area contributed by atoms with Crippen molar-refractivity contribution in [2.24, 2.45) is 4.99 Å². The number of rotatable bonds is 1. The van der Waals surface area contributed by atoms with Gasteiger partial charge in [-0.15, -0.1) is 0 Å². The lowest BCUT2D eigenvalue weighted by Crippen LogP contribution is -2.14. The first kappa shape index (κ1) is 10.5. The summed E-state index contributed by atoms with van der Waals surface area (Å²) in [5.74, 6) is 0. The van der Waals surface area contributed by atoms with Crippen LogP contribution in [0.1, 0.15) is 5.56 Å². The third-order valence-corrected chi connectivity index (χ3v) is 4.22.